The first-order valence-electron chi connectivity index (χ1n) is 13.6. The molecule has 0 saturated carbocycles. The molecule has 6 rings (SSSR count). The van der Waals surface area contributed by atoms with Gasteiger partial charge in [0.1, 0.15) is 12.4 Å². The van der Waals surface area contributed by atoms with E-state index >= 15 is 0 Å². The highest BCUT2D eigenvalue weighted by atomic mass is 16.5. The predicted octanol–water partition coefficient (Wildman–Crippen LogP) is 1.77. The van der Waals surface area contributed by atoms with Crippen LogP contribution in [0.3, 0.4) is 0 Å². The van der Waals surface area contributed by atoms with Gasteiger partial charge in [0.15, 0.2) is 0 Å². The standard InChI is InChI=1S/C29H33N7O3/c1-19-4-2-5-20-6-3-7-25(26(19)20)34-11-9-22-24(18-34)32-29(39-15-14-37)33-27(22)35-12-13-36(21(17-35)8-10-30)28(38)23-16-31-23/h2-7,21,23,31,37H,8-9,11-18H2,1H3/t21-,23-/m0/s1. The highest BCUT2D eigenvalue weighted by Crippen LogP contribution is 2.36. The number of piperazine rings is 1. The largest absolute Gasteiger partial charge is 0.461 e. The quantitative estimate of drug-likeness (QED) is 0.442. The van der Waals surface area contributed by atoms with Gasteiger partial charge in [-0.2, -0.15) is 15.2 Å². The van der Waals surface area contributed by atoms with E-state index in [1.54, 1.807) is 0 Å². The van der Waals surface area contributed by atoms with E-state index in [0.717, 1.165) is 30.0 Å². The van der Waals surface area contributed by atoms with Gasteiger partial charge in [-0.1, -0.05) is 30.3 Å². The van der Waals surface area contributed by atoms with Gasteiger partial charge in [0, 0.05) is 49.4 Å². The fourth-order valence-electron chi connectivity index (χ4n) is 5.88. The first-order chi connectivity index (χ1) is 19.1. The van der Waals surface area contributed by atoms with Gasteiger partial charge in [0.2, 0.25) is 5.91 Å². The minimum atomic E-state index is -0.204. The Kier molecular flexibility index (Phi) is 6.94. The van der Waals surface area contributed by atoms with Crippen molar-refractivity contribution in [1.29, 1.82) is 5.26 Å². The molecule has 2 fully saturated rings. The van der Waals surface area contributed by atoms with Crippen molar-refractivity contribution >= 4 is 28.2 Å². The smallest absolute Gasteiger partial charge is 0.318 e. The molecular formula is C29H33N7O3. The van der Waals surface area contributed by atoms with Crippen LogP contribution in [0.2, 0.25) is 0 Å². The van der Waals surface area contributed by atoms with Crippen molar-refractivity contribution < 1.29 is 14.6 Å². The number of nitriles is 1. The zero-order valence-corrected chi connectivity index (χ0v) is 22.1. The lowest BCUT2D eigenvalue weighted by Crippen LogP contribution is -2.57. The molecule has 2 N–H and O–H groups in total. The molecule has 1 aromatic heterocycles. The van der Waals surface area contributed by atoms with Gasteiger partial charge in [0.05, 0.1) is 43.4 Å². The number of amides is 1. The molecule has 0 bridgehead atoms. The number of rotatable bonds is 7. The molecule has 1 amide bonds. The number of nitrogens with zero attached hydrogens (tertiary/aromatic N) is 6. The molecule has 2 saturated heterocycles. The van der Waals surface area contributed by atoms with Crippen LogP contribution in [0.25, 0.3) is 10.8 Å². The minimum Gasteiger partial charge on any atom is -0.461 e. The molecule has 0 radical (unpaired) electrons. The molecule has 0 unspecified atom stereocenters. The molecule has 4 heterocycles. The number of aromatic nitrogens is 2. The van der Waals surface area contributed by atoms with Crippen LogP contribution in [0.1, 0.15) is 23.2 Å². The van der Waals surface area contributed by atoms with Crippen LogP contribution in [-0.2, 0) is 17.8 Å². The van der Waals surface area contributed by atoms with Crippen molar-refractivity contribution in [2.45, 2.75) is 38.4 Å². The number of hydrogen-bond donors (Lipinski definition) is 2. The van der Waals surface area contributed by atoms with Gasteiger partial charge in [-0.25, -0.2) is 0 Å². The Morgan fingerprint density at radius 2 is 2.00 bits per heavy atom. The Bertz CT molecular complexity index is 1430. The zero-order chi connectivity index (χ0) is 26.9. The third-order valence-electron chi connectivity index (χ3n) is 7.88. The number of carbonyl (C=O) groups is 1. The Balaban J connectivity index is 1.33. The number of nitrogens with one attached hydrogen (secondary N) is 1. The number of hydrogen-bond acceptors (Lipinski definition) is 9. The summed E-state index contributed by atoms with van der Waals surface area (Å²) in [5.41, 5.74) is 4.41. The van der Waals surface area contributed by atoms with E-state index in [4.69, 9.17) is 14.7 Å². The molecule has 2 atom stereocenters. The van der Waals surface area contributed by atoms with E-state index in [2.05, 4.69) is 64.5 Å². The summed E-state index contributed by atoms with van der Waals surface area (Å²) in [6.45, 7) is 5.95. The normalized spacial score (nSPS) is 20.5. The Labute approximate surface area is 227 Å². The van der Waals surface area contributed by atoms with Gasteiger partial charge in [-0.05, 0) is 30.4 Å². The summed E-state index contributed by atoms with van der Waals surface area (Å²) < 4.78 is 5.71. The van der Waals surface area contributed by atoms with E-state index in [0.29, 0.717) is 32.7 Å². The molecule has 39 heavy (non-hydrogen) atoms. The highest BCUT2D eigenvalue weighted by Gasteiger charge is 2.39. The maximum absolute atomic E-state index is 12.8. The summed E-state index contributed by atoms with van der Waals surface area (Å²) >= 11 is 0. The van der Waals surface area contributed by atoms with Crippen molar-refractivity contribution in [3.8, 4) is 12.1 Å². The molecule has 3 aliphatic rings. The van der Waals surface area contributed by atoms with E-state index in [1.165, 1.54) is 22.0 Å². The van der Waals surface area contributed by atoms with Gasteiger partial charge in [-0.3, -0.25) is 4.79 Å². The summed E-state index contributed by atoms with van der Waals surface area (Å²) in [6, 6.07) is 15.0. The Morgan fingerprint density at radius 1 is 1.18 bits per heavy atom. The molecule has 10 nitrogen and oxygen atoms in total. The molecule has 2 aromatic carbocycles. The third-order valence-corrected chi connectivity index (χ3v) is 7.88. The van der Waals surface area contributed by atoms with Crippen LogP contribution in [0, 0.1) is 18.3 Å². The van der Waals surface area contributed by atoms with Crippen LogP contribution in [-0.4, -0.2) is 83.9 Å². The van der Waals surface area contributed by atoms with E-state index in [9.17, 15) is 15.2 Å². The summed E-state index contributed by atoms with van der Waals surface area (Å²) in [4.78, 5) is 28.8. The van der Waals surface area contributed by atoms with Gasteiger partial charge in [0.25, 0.3) is 0 Å². The molecule has 3 aromatic rings. The second-order valence-electron chi connectivity index (χ2n) is 10.4. The van der Waals surface area contributed by atoms with E-state index in [-0.39, 0.29) is 43.6 Å². The predicted molar refractivity (Wildman–Crippen MR) is 148 cm³/mol. The van der Waals surface area contributed by atoms with Gasteiger partial charge >= 0.3 is 6.01 Å². The van der Waals surface area contributed by atoms with Crippen LogP contribution in [0.15, 0.2) is 36.4 Å². The molecule has 3 aliphatic heterocycles. The number of aliphatic hydroxyl groups excluding tert-OH is 1. The maximum atomic E-state index is 12.8. The fraction of sp³-hybridized carbons (Fsp3) is 0.448. The first-order valence-corrected chi connectivity index (χ1v) is 13.6. The number of carbonyl (C=O) groups excluding carboxylic acids is 1. The highest BCUT2D eigenvalue weighted by molar-refractivity contribution is 5.97. The average molecular weight is 528 g/mol. The maximum Gasteiger partial charge on any atom is 0.318 e. The first kappa shape index (κ1) is 25.3. The van der Waals surface area contributed by atoms with Gasteiger partial charge in [-0.15, -0.1) is 0 Å². The summed E-state index contributed by atoms with van der Waals surface area (Å²) in [5.74, 6) is 0.883. The number of ether oxygens (including phenoxy) is 1. The number of anilines is 2. The molecule has 0 spiro atoms. The molecule has 0 aliphatic carbocycles. The van der Waals surface area contributed by atoms with Crippen molar-refractivity contribution in [3.05, 3.63) is 53.2 Å². The SMILES string of the molecule is Cc1cccc2cccc(N3CCc4c(nc(OCCO)nc4N4CCN(C(=O)[C@@H]5CN5)[C@@H](CC#N)C4)C3)c12. The van der Waals surface area contributed by atoms with Crippen LogP contribution < -0.4 is 19.9 Å². The van der Waals surface area contributed by atoms with E-state index < -0.39 is 0 Å². The third kappa shape index (κ3) is 4.95. The number of aliphatic hydroxyl groups is 1. The zero-order valence-electron chi connectivity index (χ0n) is 22.1. The van der Waals surface area contributed by atoms with Crippen LogP contribution in [0.4, 0.5) is 11.5 Å². The topological polar surface area (TPSA) is 128 Å². The van der Waals surface area contributed by atoms with Crippen LogP contribution >= 0.6 is 0 Å². The summed E-state index contributed by atoms with van der Waals surface area (Å²) in [5, 5.41) is 24.4. The van der Waals surface area contributed by atoms with Crippen LogP contribution in [0.5, 0.6) is 6.01 Å². The second kappa shape index (κ2) is 10.7. The summed E-state index contributed by atoms with van der Waals surface area (Å²) in [7, 11) is 0. The molecule has 10 heteroatoms. The van der Waals surface area contributed by atoms with Gasteiger partial charge < -0.3 is 29.9 Å². The van der Waals surface area contributed by atoms with Crippen molar-refractivity contribution in [2.75, 3.05) is 55.7 Å². The monoisotopic (exact) mass is 527 g/mol. The van der Waals surface area contributed by atoms with Crippen molar-refractivity contribution in [3.63, 3.8) is 0 Å². The fourth-order valence-corrected chi connectivity index (χ4v) is 5.88. The molecular weight excluding hydrogens is 494 g/mol. The number of aryl methyl sites for hydroxylation is 1. The Morgan fingerprint density at radius 3 is 2.77 bits per heavy atom. The van der Waals surface area contributed by atoms with E-state index in [1.807, 2.05) is 4.90 Å². The average Bonchev–Trinajstić information content (AvgIpc) is 3.81. The lowest BCUT2D eigenvalue weighted by atomic mass is 9.99. The number of benzene rings is 2. The lowest BCUT2D eigenvalue weighted by molar-refractivity contribution is -0.133. The minimum absolute atomic E-state index is 0.0765. The van der Waals surface area contributed by atoms with Crippen molar-refractivity contribution in [1.82, 2.24) is 20.2 Å². The summed E-state index contributed by atoms with van der Waals surface area (Å²) in [6.07, 6.45) is 1.03. The second-order valence-corrected chi connectivity index (χ2v) is 10.4. The Hall–Kier alpha value is -3.94. The lowest BCUT2D eigenvalue weighted by Gasteiger charge is -2.42. The van der Waals surface area contributed by atoms with Crippen molar-refractivity contribution in [2.24, 2.45) is 0 Å². The number of fused-ring (bicyclic) bond motifs is 2. The molecule has 202 valence electrons.